The summed E-state index contributed by atoms with van der Waals surface area (Å²) in [4.78, 5) is 1.16. The standard InChI is InChI=1S/C15H25ClOSSi/c1-15(2,3)19(4,5)17-11-8-12-18-14-10-7-6-9-13(14)16/h6-7,9-10H,8,11-12H2,1-5H3. The van der Waals surface area contributed by atoms with Gasteiger partial charge in [-0.25, -0.2) is 0 Å². The fraction of sp³-hybridized carbons (Fsp3) is 0.600. The highest BCUT2D eigenvalue weighted by atomic mass is 35.5. The number of hydrogen-bond donors (Lipinski definition) is 0. The average Bonchev–Trinajstić information content (AvgIpc) is 2.29. The first-order chi connectivity index (χ1) is 8.74. The maximum Gasteiger partial charge on any atom is 0.191 e. The van der Waals surface area contributed by atoms with Crippen LogP contribution in [0, 0.1) is 0 Å². The van der Waals surface area contributed by atoms with E-state index >= 15 is 0 Å². The second-order valence-corrected chi connectivity index (χ2v) is 12.6. The van der Waals surface area contributed by atoms with Crippen LogP contribution < -0.4 is 0 Å². The molecule has 1 aromatic carbocycles. The molecule has 0 aliphatic heterocycles. The van der Waals surface area contributed by atoms with Crippen LogP contribution in [0.3, 0.4) is 0 Å². The second-order valence-electron chi connectivity index (χ2n) is 6.24. The van der Waals surface area contributed by atoms with Crippen molar-refractivity contribution < 1.29 is 4.43 Å². The molecule has 0 spiro atoms. The number of benzene rings is 1. The fourth-order valence-corrected chi connectivity index (χ4v) is 3.60. The van der Waals surface area contributed by atoms with E-state index < -0.39 is 8.32 Å². The Morgan fingerprint density at radius 2 is 1.84 bits per heavy atom. The normalized spacial score (nSPS) is 12.7. The third-order valence-electron chi connectivity index (χ3n) is 3.65. The van der Waals surface area contributed by atoms with Gasteiger partial charge in [0, 0.05) is 17.3 Å². The molecule has 108 valence electrons. The maximum absolute atomic E-state index is 6.15. The molecule has 0 aliphatic rings. The van der Waals surface area contributed by atoms with E-state index in [0.717, 1.165) is 28.7 Å². The van der Waals surface area contributed by atoms with Crippen molar-refractivity contribution >= 4 is 31.7 Å². The summed E-state index contributed by atoms with van der Waals surface area (Å²) in [6.45, 7) is 12.3. The first kappa shape index (κ1) is 17.1. The first-order valence-corrected chi connectivity index (χ1v) is 11.0. The second kappa shape index (κ2) is 7.16. The lowest BCUT2D eigenvalue weighted by Crippen LogP contribution is -2.41. The Morgan fingerprint density at radius 1 is 1.21 bits per heavy atom. The third-order valence-corrected chi connectivity index (χ3v) is 9.79. The quantitative estimate of drug-likeness (QED) is 0.370. The molecule has 0 aromatic heterocycles. The molecular weight excluding hydrogens is 292 g/mol. The van der Waals surface area contributed by atoms with Gasteiger partial charge < -0.3 is 4.43 Å². The van der Waals surface area contributed by atoms with Gasteiger partial charge >= 0.3 is 0 Å². The van der Waals surface area contributed by atoms with Gasteiger partial charge in [-0.3, -0.25) is 0 Å². The van der Waals surface area contributed by atoms with Gasteiger partial charge in [0.25, 0.3) is 0 Å². The Morgan fingerprint density at radius 3 is 2.42 bits per heavy atom. The van der Waals surface area contributed by atoms with Crippen molar-refractivity contribution in [3.63, 3.8) is 0 Å². The van der Waals surface area contributed by atoms with Crippen molar-refractivity contribution in [3.05, 3.63) is 29.3 Å². The van der Waals surface area contributed by atoms with E-state index in [4.69, 9.17) is 16.0 Å². The zero-order chi connectivity index (χ0) is 14.5. The van der Waals surface area contributed by atoms with Crippen LogP contribution in [0.4, 0.5) is 0 Å². The fourth-order valence-electron chi connectivity index (χ4n) is 1.35. The number of rotatable bonds is 6. The van der Waals surface area contributed by atoms with Crippen LogP contribution in [0.25, 0.3) is 0 Å². The van der Waals surface area contributed by atoms with Crippen LogP contribution in [0.1, 0.15) is 27.2 Å². The minimum atomic E-state index is -1.58. The molecular formula is C15H25ClOSSi. The van der Waals surface area contributed by atoms with E-state index in [-0.39, 0.29) is 0 Å². The summed E-state index contributed by atoms with van der Waals surface area (Å²) in [5.41, 5.74) is 0. The van der Waals surface area contributed by atoms with Crippen molar-refractivity contribution in [2.45, 2.75) is 50.2 Å². The lowest BCUT2D eigenvalue weighted by molar-refractivity contribution is 0.289. The molecule has 0 aliphatic carbocycles. The molecule has 0 amide bonds. The molecule has 0 atom stereocenters. The number of hydrogen-bond acceptors (Lipinski definition) is 2. The predicted molar refractivity (Wildman–Crippen MR) is 89.9 cm³/mol. The summed E-state index contributed by atoms with van der Waals surface area (Å²) in [5, 5.41) is 1.14. The van der Waals surface area contributed by atoms with E-state index in [1.165, 1.54) is 0 Å². The van der Waals surface area contributed by atoms with Gasteiger partial charge in [0.2, 0.25) is 0 Å². The molecule has 0 bridgehead atoms. The van der Waals surface area contributed by atoms with E-state index in [1.54, 1.807) is 0 Å². The van der Waals surface area contributed by atoms with Crippen molar-refractivity contribution in [2.75, 3.05) is 12.4 Å². The molecule has 0 saturated heterocycles. The average molecular weight is 317 g/mol. The lowest BCUT2D eigenvalue weighted by Gasteiger charge is -2.36. The Hall–Kier alpha value is 0.0369. The van der Waals surface area contributed by atoms with Crippen LogP contribution in [0.15, 0.2) is 29.2 Å². The van der Waals surface area contributed by atoms with Gasteiger partial charge in [-0.2, -0.15) is 0 Å². The highest BCUT2D eigenvalue weighted by molar-refractivity contribution is 7.99. The Bertz CT molecular complexity index is 401. The summed E-state index contributed by atoms with van der Waals surface area (Å²) < 4.78 is 6.15. The highest BCUT2D eigenvalue weighted by Crippen LogP contribution is 2.36. The molecule has 1 rings (SSSR count). The summed E-state index contributed by atoms with van der Waals surface area (Å²) in [5.74, 6) is 1.05. The van der Waals surface area contributed by atoms with Crippen LogP contribution in [-0.2, 0) is 4.43 Å². The van der Waals surface area contributed by atoms with Crippen molar-refractivity contribution in [1.29, 1.82) is 0 Å². The minimum absolute atomic E-state index is 0.295. The van der Waals surface area contributed by atoms with Gasteiger partial charge in [-0.15, -0.1) is 11.8 Å². The predicted octanol–water partition coefficient (Wildman–Crippen LogP) is 5.84. The van der Waals surface area contributed by atoms with Crippen molar-refractivity contribution in [2.24, 2.45) is 0 Å². The SMILES string of the molecule is CC(C)(C)[Si](C)(C)OCCCSc1ccccc1Cl. The molecule has 4 heteroatoms. The molecule has 0 heterocycles. The van der Waals surface area contributed by atoms with E-state index in [1.807, 2.05) is 30.0 Å². The zero-order valence-corrected chi connectivity index (χ0v) is 15.2. The van der Waals surface area contributed by atoms with Crippen molar-refractivity contribution in [1.82, 2.24) is 0 Å². The largest absolute Gasteiger partial charge is 0.417 e. The van der Waals surface area contributed by atoms with E-state index in [0.29, 0.717) is 5.04 Å². The maximum atomic E-state index is 6.15. The Balaban J connectivity index is 2.28. The van der Waals surface area contributed by atoms with Crippen LogP contribution in [0.5, 0.6) is 0 Å². The van der Waals surface area contributed by atoms with Crippen LogP contribution in [-0.4, -0.2) is 20.7 Å². The summed E-state index contributed by atoms with van der Waals surface area (Å²) in [6, 6.07) is 8.00. The van der Waals surface area contributed by atoms with Gasteiger partial charge in [-0.05, 0) is 36.7 Å². The molecule has 1 nitrogen and oxygen atoms in total. The summed E-state index contributed by atoms with van der Waals surface area (Å²) >= 11 is 7.93. The molecule has 0 unspecified atom stereocenters. The molecule has 19 heavy (non-hydrogen) atoms. The van der Waals surface area contributed by atoms with Crippen molar-refractivity contribution in [3.8, 4) is 0 Å². The Kier molecular flexibility index (Phi) is 6.44. The number of halogens is 1. The van der Waals surface area contributed by atoms with Crippen LogP contribution in [0.2, 0.25) is 23.2 Å². The van der Waals surface area contributed by atoms with E-state index in [9.17, 15) is 0 Å². The monoisotopic (exact) mass is 316 g/mol. The smallest absolute Gasteiger partial charge is 0.191 e. The van der Waals surface area contributed by atoms with Gasteiger partial charge in [-0.1, -0.05) is 44.5 Å². The topological polar surface area (TPSA) is 9.23 Å². The summed E-state index contributed by atoms with van der Waals surface area (Å²) in [7, 11) is -1.58. The Labute approximate surface area is 128 Å². The van der Waals surface area contributed by atoms with Crippen LogP contribution >= 0.6 is 23.4 Å². The molecule has 0 fully saturated rings. The first-order valence-electron chi connectivity index (χ1n) is 6.75. The van der Waals surface area contributed by atoms with Gasteiger partial charge in [0.15, 0.2) is 8.32 Å². The zero-order valence-electron chi connectivity index (χ0n) is 12.6. The summed E-state index contributed by atoms with van der Waals surface area (Å²) in [6.07, 6.45) is 1.07. The minimum Gasteiger partial charge on any atom is -0.417 e. The third kappa shape index (κ3) is 5.50. The lowest BCUT2D eigenvalue weighted by atomic mass is 10.2. The molecule has 0 N–H and O–H groups in total. The molecule has 0 saturated carbocycles. The molecule has 0 radical (unpaired) electrons. The van der Waals surface area contributed by atoms with Gasteiger partial charge in [0.1, 0.15) is 0 Å². The molecule has 1 aromatic rings. The highest BCUT2D eigenvalue weighted by Gasteiger charge is 2.36. The number of thioether (sulfide) groups is 1. The van der Waals surface area contributed by atoms with E-state index in [2.05, 4.69) is 39.9 Å². The van der Waals surface area contributed by atoms with Gasteiger partial charge in [0.05, 0.1) is 5.02 Å².